The van der Waals surface area contributed by atoms with Crippen LogP contribution in [0.4, 0.5) is 0 Å². The zero-order chi connectivity index (χ0) is 17.0. The number of nitrogens with zero attached hydrogens (tertiary/aromatic N) is 1. The van der Waals surface area contributed by atoms with E-state index >= 15 is 0 Å². The van der Waals surface area contributed by atoms with Crippen LogP contribution in [0.1, 0.15) is 15.9 Å². The van der Waals surface area contributed by atoms with Crippen LogP contribution in [0.15, 0.2) is 47.6 Å². The molecule has 1 amide bonds. The zero-order valence-corrected chi connectivity index (χ0v) is 14.4. The highest BCUT2D eigenvalue weighted by Gasteiger charge is 2.20. The van der Waals surface area contributed by atoms with E-state index in [-0.39, 0.29) is 21.4 Å². The third kappa shape index (κ3) is 4.85. The Morgan fingerprint density at radius 1 is 1.30 bits per heavy atom. The fourth-order valence-corrected chi connectivity index (χ4v) is 3.46. The molecular formula is C14H13ClN2O4S2. The van der Waals surface area contributed by atoms with Gasteiger partial charge in [0.25, 0.3) is 15.9 Å². The fraction of sp³-hybridized carbons (Fsp3) is 0.143. The highest BCUT2D eigenvalue weighted by Crippen LogP contribution is 2.12. The van der Waals surface area contributed by atoms with E-state index < -0.39 is 26.7 Å². The van der Waals surface area contributed by atoms with Crippen LogP contribution in [0.3, 0.4) is 0 Å². The first-order valence-corrected chi connectivity index (χ1v) is 9.94. The third-order valence-corrected chi connectivity index (χ3v) is 4.97. The number of hydrogen-bond acceptors (Lipinski definition) is 5. The van der Waals surface area contributed by atoms with E-state index in [2.05, 4.69) is 4.98 Å². The van der Waals surface area contributed by atoms with Gasteiger partial charge in [-0.15, -0.1) is 0 Å². The number of sulfonamides is 1. The molecule has 0 saturated carbocycles. The highest BCUT2D eigenvalue weighted by atomic mass is 35.5. The second kappa shape index (κ2) is 7.20. The van der Waals surface area contributed by atoms with Gasteiger partial charge >= 0.3 is 0 Å². The number of nitrogens with one attached hydrogen (secondary N) is 1. The van der Waals surface area contributed by atoms with Gasteiger partial charge in [-0.3, -0.25) is 9.00 Å². The van der Waals surface area contributed by atoms with Gasteiger partial charge in [0.1, 0.15) is 0 Å². The van der Waals surface area contributed by atoms with Crippen molar-refractivity contribution in [3.05, 3.63) is 58.7 Å². The van der Waals surface area contributed by atoms with Crippen molar-refractivity contribution in [3.8, 4) is 0 Å². The first-order valence-electron chi connectivity index (χ1n) is 6.35. The molecule has 0 aliphatic rings. The summed E-state index contributed by atoms with van der Waals surface area (Å²) in [6, 6.07) is 8.86. The smallest absolute Gasteiger partial charge is 0.268 e. The van der Waals surface area contributed by atoms with E-state index in [0.29, 0.717) is 5.56 Å². The Labute approximate surface area is 141 Å². The molecule has 1 atom stereocenters. The van der Waals surface area contributed by atoms with Gasteiger partial charge in [-0.05, 0) is 29.8 Å². The van der Waals surface area contributed by atoms with Crippen molar-refractivity contribution in [2.45, 2.75) is 10.8 Å². The summed E-state index contributed by atoms with van der Waals surface area (Å²) in [6.45, 7) is 0. The summed E-state index contributed by atoms with van der Waals surface area (Å²) in [5.41, 5.74) is 0.839. The van der Waals surface area contributed by atoms with Crippen LogP contribution >= 0.6 is 11.6 Å². The lowest BCUT2D eigenvalue weighted by atomic mass is 10.1. The topological polar surface area (TPSA) is 93.2 Å². The fourth-order valence-electron chi connectivity index (χ4n) is 1.79. The number of pyridine rings is 1. The number of benzene rings is 1. The molecule has 0 aliphatic heterocycles. The van der Waals surface area contributed by atoms with Crippen molar-refractivity contribution < 1.29 is 17.4 Å². The molecular weight excluding hydrogens is 360 g/mol. The van der Waals surface area contributed by atoms with E-state index in [4.69, 9.17) is 11.6 Å². The van der Waals surface area contributed by atoms with E-state index in [9.17, 15) is 17.4 Å². The molecule has 6 nitrogen and oxygen atoms in total. The van der Waals surface area contributed by atoms with Crippen LogP contribution in [0.5, 0.6) is 0 Å². The summed E-state index contributed by atoms with van der Waals surface area (Å²) in [4.78, 5) is 15.8. The van der Waals surface area contributed by atoms with Crippen LogP contribution in [0, 0.1) is 0 Å². The Kier molecular flexibility index (Phi) is 5.51. The SMILES string of the molecule is C[S@](=O)Cc1cccc(C(=O)NS(=O)(=O)c2ccc(Cl)cn2)c1. The molecule has 1 aromatic heterocycles. The minimum atomic E-state index is -4.09. The monoisotopic (exact) mass is 372 g/mol. The predicted molar refractivity (Wildman–Crippen MR) is 88.1 cm³/mol. The number of halogens is 1. The van der Waals surface area contributed by atoms with Gasteiger partial charge in [0.05, 0.1) is 5.02 Å². The Hall–Kier alpha value is -1.77. The molecule has 23 heavy (non-hydrogen) atoms. The molecule has 0 saturated heterocycles. The molecule has 0 bridgehead atoms. The minimum absolute atomic E-state index is 0.158. The molecule has 0 radical (unpaired) electrons. The maximum Gasteiger partial charge on any atom is 0.281 e. The molecule has 2 aromatic rings. The lowest BCUT2D eigenvalue weighted by Gasteiger charge is -2.07. The van der Waals surface area contributed by atoms with Crippen molar-refractivity contribution in [2.24, 2.45) is 0 Å². The molecule has 122 valence electrons. The van der Waals surface area contributed by atoms with Gasteiger partial charge < -0.3 is 0 Å². The van der Waals surface area contributed by atoms with Gasteiger partial charge in [-0.25, -0.2) is 9.71 Å². The predicted octanol–water partition coefficient (Wildman–Crippen LogP) is 1.73. The molecule has 2 rings (SSSR count). The molecule has 1 aromatic carbocycles. The summed E-state index contributed by atoms with van der Waals surface area (Å²) >= 11 is 5.65. The maximum atomic E-state index is 12.1. The Morgan fingerprint density at radius 3 is 2.65 bits per heavy atom. The lowest BCUT2D eigenvalue weighted by molar-refractivity contribution is 0.0981. The first-order chi connectivity index (χ1) is 10.8. The highest BCUT2D eigenvalue weighted by molar-refractivity contribution is 7.90. The zero-order valence-electron chi connectivity index (χ0n) is 12.0. The molecule has 9 heteroatoms. The Morgan fingerprint density at radius 2 is 2.04 bits per heavy atom. The maximum absolute atomic E-state index is 12.1. The van der Waals surface area contributed by atoms with Gasteiger partial charge in [0.15, 0.2) is 5.03 Å². The Balaban J connectivity index is 2.21. The summed E-state index contributed by atoms with van der Waals surface area (Å²) in [6.07, 6.45) is 2.72. The number of carbonyl (C=O) groups excluding carboxylic acids is 1. The second-order valence-corrected chi connectivity index (χ2v) is 8.17. The van der Waals surface area contributed by atoms with Crippen LogP contribution in [0.2, 0.25) is 5.02 Å². The normalized spacial score (nSPS) is 12.6. The number of rotatable bonds is 5. The number of amides is 1. The lowest BCUT2D eigenvalue weighted by Crippen LogP contribution is -2.31. The summed E-state index contributed by atoms with van der Waals surface area (Å²) in [5, 5.41) is -0.0170. The van der Waals surface area contributed by atoms with E-state index in [0.717, 1.165) is 0 Å². The second-order valence-electron chi connectivity index (χ2n) is 4.67. The summed E-state index contributed by atoms with van der Waals surface area (Å²) < 4.78 is 37.4. The molecule has 0 unspecified atom stereocenters. The summed E-state index contributed by atoms with van der Waals surface area (Å²) in [5.74, 6) is -0.502. The molecule has 0 aliphatic carbocycles. The molecule has 0 fully saturated rings. The van der Waals surface area contributed by atoms with Crippen molar-refractivity contribution >= 4 is 38.3 Å². The number of hydrogen-bond donors (Lipinski definition) is 1. The van der Waals surface area contributed by atoms with Crippen molar-refractivity contribution in [3.63, 3.8) is 0 Å². The molecule has 1 heterocycles. The van der Waals surface area contributed by atoms with Crippen molar-refractivity contribution in [2.75, 3.05) is 6.26 Å². The quantitative estimate of drug-likeness (QED) is 0.862. The average Bonchev–Trinajstić information content (AvgIpc) is 2.47. The van der Waals surface area contributed by atoms with Crippen LogP contribution in [-0.4, -0.2) is 29.8 Å². The number of carbonyl (C=O) groups is 1. The third-order valence-electron chi connectivity index (χ3n) is 2.76. The largest absolute Gasteiger partial charge is 0.281 e. The van der Waals surface area contributed by atoms with Gasteiger partial charge in [0, 0.05) is 34.6 Å². The first kappa shape index (κ1) is 17.6. The summed E-state index contributed by atoms with van der Waals surface area (Å²) in [7, 11) is -5.15. The van der Waals surface area contributed by atoms with Gasteiger partial charge in [0.2, 0.25) is 0 Å². The van der Waals surface area contributed by atoms with E-state index in [1.165, 1.54) is 30.5 Å². The van der Waals surface area contributed by atoms with Crippen LogP contribution in [-0.2, 0) is 26.6 Å². The van der Waals surface area contributed by atoms with E-state index in [1.54, 1.807) is 18.4 Å². The van der Waals surface area contributed by atoms with Gasteiger partial charge in [-0.2, -0.15) is 8.42 Å². The van der Waals surface area contributed by atoms with Gasteiger partial charge in [-0.1, -0.05) is 23.7 Å². The minimum Gasteiger partial charge on any atom is -0.268 e. The van der Waals surface area contributed by atoms with Crippen LogP contribution in [0.25, 0.3) is 0 Å². The Bertz CT molecular complexity index is 851. The standard InChI is InChI=1S/C14H13ClN2O4S2/c1-22(19)9-10-3-2-4-11(7-10)14(18)17-23(20,21)13-6-5-12(15)8-16-13/h2-8H,9H2,1H3,(H,17,18)/t22-/m0/s1. The molecule has 1 N–H and O–H groups in total. The number of aromatic nitrogens is 1. The van der Waals surface area contributed by atoms with Crippen molar-refractivity contribution in [1.82, 2.24) is 9.71 Å². The van der Waals surface area contributed by atoms with Crippen molar-refractivity contribution in [1.29, 1.82) is 0 Å². The van der Waals surface area contributed by atoms with E-state index in [1.807, 2.05) is 4.72 Å². The van der Waals surface area contributed by atoms with Crippen LogP contribution < -0.4 is 4.72 Å². The molecule has 0 spiro atoms. The average molecular weight is 373 g/mol.